The zero-order valence-electron chi connectivity index (χ0n) is 10.4. The molecule has 18 heavy (non-hydrogen) atoms. The number of carbonyl (C=O) groups is 1. The molecule has 1 amide bonds. The fourth-order valence-corrected chi connectivity index (χ4v) is 2.29. The zero-order valence-corrected chi connectivity index (χ0v) is 10.4. The summed E-state index contributed by atoms with van der Waals surface area (Å²) < 4.78 is 0. The molecular formula is C14H20N2O2. The maximum atomic E-state index is 11.9. The second-order valence-electron chi connectivity index (χ2n) is 5.11. The van der Waals surface area contributed by atoms with Crippen LogP contribution >= 0.6 is 0 Å². The Balaban J connectivity index is 1.92. The van der Waals surface area contributed by atoms with Gasteiger partial charge in [-0.05, 0) is 24.8 Å². The highest BCUT2D eigenvalue weighted by Gasteiger charge is 2.35. The van der Waals surface area contributed by atoms with Crippen molar-refractivity contribution in [2.75, 3.05) is 6.61 Å². The van der Waals surface area contributed by atoms with Gasteiger partial charge in [-0.1, -0.05) is 30.3 Å². The number of hydrogen-bond donors (Lipinski definition) is 3. The van der Waals surface area contributed by atoms with Crippen LogP contribution in [0.2, 0.25) is 0 Å². The molecule has 1 aliphatic rings. The van der Waals surface area contributed by atoms with Gasteiger partial charge in [0.25, 0.3) is 0 Å². The highest BCUT2D eigenvalue weighted by atomic mass is 16.3. The highest BCUT2D eigenvalue weighted by molar-refractivity contribution is 5.77. The molecule has 4 nitrogen and oxygen atoms in total. The molecule has 0 aromatic heterocycles. The van der Waals surface area contributed by atoms with Gasteiger partial charge in [-0.2, -0.15) is 0 Å². The van der Waals surface area contributed by atoms with E-state index in [1.807, 2.05) is 30.3 Å². The maximum Gasteiger partial charge on any atom is 0.222 e. The molecule has 0 heterocycles. The fraction of sp³-hybridized carbons (Fsp3) is 0.500. The van der Waals surface area contributed by atoms with Gasteiger partial charge < -0.3 is 16.2 Å². The van der Waals surface area contributed by atoms with Gasteiger partial charge in [0.15, 0.2) is 0 Å². The van der Waals surface area contributed by atoms with E-state index in [0.717, 1.165) is 24.8 Å². The van der Waals surface area contributed by atoms with Gasteiger partial charge in [-0.15, -0.1) is 0 Å². The van der Waals surface area contributed by atoms with Crippen molar-refractivity contribution in [3.05, 3.63) is 35.9 Å². The SMILES string of the molecule is NC1(CC(=O)NC(CO)c2ccccc2)CCC1. The predicted octanol–water partition coefficient (Wildman–Crippen LogP) is 1.11. The van der Waals surface area contributed by atoms with Crippen LogP contribution in [0.25, 0.3) is 0 Å². The van der Waals surface area contributed by atoms with Gasteiger partial charge in [-0.3, -0.25) is 4.79 Å². The van der Waals surface area contributed by atoms with Crippen molar-refractivity contribution < 1.29 is 9.90 Å². The Morgan fingerprint density at radius 1 is 1.39 bits per heavy atom. The van der Waals surface area contributed by atoms with Crippen LogP contribution in [0.15, 0.2) is 30.3 Å². The van der Waals surface area contributed by atoms with Crippen molar-refractivity contribution in [2.45, 2.75) is 37.3 Å². The van der Waals surface area contributed by atoms with Gasteiger partial charge in [0, 0.05) is 12.0 Å². The molecule has 0 aliphatic heterocycles. The van der Waals surface area contributed by atoms with Gasteiger partial charge >= 0.3 is 0 Å². The lowest BCUT2D eigenvalue weighted by Gasteiger charge is -2.37. The number of benzene rings is 1. The lowest BCUT2D eigenvalue weighted by molar-refractivity contribution is -0.124. The average Bonchev–Trinajstić information content (AvgIpc) is 2.35. The Morgan fingerprint density at radius 2 is 2.06 bits per heavy atom. The van der Waals surface area contributed by atoms with Crippen LogP contribution in [0.5, 0.6) is 0 Å². The summed E-state index contributed by atoms with van der Waals surface area (Å²) in [5.74, 6) is -0.0832. The van der Waals surface area contributed by atoms with Crippen molar-refractivity contribution in [3.63, 3.8) is 0 Å². The highest BCUT2D eigenvalue weighted by Crippen LogP contribution is 2.32. The number of carbonyl (C=O) groups excluding carboxylic acids is 1. The van der Waals surface area contributed by atoms with E-state index in [1.165, 1.54) is 0 Å². The van der Waals surface area contributed by atoms with Gasteiger partial charge in [0.1, 0.15) is 0 Å². The summed E-state index contributed by atoms with van der Waals surface area (Å²) in [6.07, 6.45) is 3.27. The van der Waals surface area contributed by atoms with Gasteiger partial charge in [0.05, 0.1) is 12.6 Å². The van der Waals surface area contributed by atoms with Crippen molar-refractivity contribution in [1.29, 1.82) is 0 Å². The van der Waals surface area contributed by atoms with E-state index >= 15 is 0 Å². The largest absolute Gasteiger partial charge is 0.394 e. The van der Waals surface area contributed by atoms with Gasteiger partial charge in [0.2, 0.25) is 5.91 Å². The monoisotopic (exact) mass is 248 g/mol. The van der Waals surface area contributed by atoms with E-state index in [4.69, 9.17) is 5.73 Å². The first-order chi connectivity index (χ1) is 8.63. The summed E-state index contributed by atoms with van der Waals surface area (Å²) >= 11 is 0. The van der Waals surface area contributed by atoms with E-state index in [0.29, 0.717) is 6.42 Å². The van der Waals surface area contributed by atoms with Crippen LogP contribution in [0.4, 0.5) is 0 Å². The number of aliphatic hydroxyl groups is 1. The Hall–Kier alpha value is -1.39. The van der Waals surface area contributed by atoms with Crippen LogP contribution < -0.4 is 11.1 Å². The minimum absolute atomic E-state index is 0.0832. The van der Waals surface area contributed by atoms with E-state index in [1.54, 1.807) is 0 Å². The summed E-state index contributed by atoms with van der Waals surface area (Å²) in [6.45, 7) is -0.104. The molecule has 0 spiro atoms. The lowest BCUT2D eigenvalue weighted by Crippen LogP contribution is -2.50. The van der Waals surface area contributed by atoms with Crippen molar-refractivity contribution in [1.82, 2.24) is 5.32 Å². The number of nitrogens with one attached hydrogen (secondary N) is 1. The van der Waals surface area contributed by atoms with E-state index in [-0.39, 0.29) is 24.1 Å². The molecule has 0 saturated heterocycles. The van der Waals surface area contributed by atoms with Crippen molar-refractivity contribution in [3.8, 4) is 0 Å². The quantitative estimate of drug-likeness (QED) is 0.730. The molecule has 1 fully saturated rings. The molecule has 2 rings (SSSR count). The second-order valence-corrected chi connectivity index (χ2v) is 5.11. The maximum absolute atomic E-state index is 11.9. The number of amides is 1. The van der Waals surface area contributed by atoms with E-state index < -0.39 is 0 Å². The number of rotatable bonds is 5. The summed E-state index contributed by atoms with van der Waals surface area (Å²) in [6, 6.07) is 9.12. The Bertz CT molecular complexity index is 402. The lowest BCUT2D eigenvalue weighted by atomic mass is 9.75. The van der Waals surface area contributed by atoms with Crippen LogP contribution in [-0.4, -0.2) is 23.2 Å². The molecule has 1 aromatic rings. The summed E-state index contributed by atoms with van der Waals surface area (Å²) in [5, 5.41) is 12.2. The molecule has 1 aliphatic carbocycles. The predicted molar refractivity (Wildman–Crippen MR) is 69.8 cm³/mol. The Kier molecular flexibility index (Phi) is 3.99. The molecule has 1 atom stereocenters. The summed E-state index contributed by atoms with van der Waals surface area (Å²) in [7, 11) is 0. The normalized spacial score (nSPS) is 18.8. The third-order valence-electron chi connectivity index (χ3n) is 3.58. The molecule has 1 saturated carbocycles. The molecule has 0 bridgehead atoms. The van der Waals surface area contributed by atoms with Crippen molar-refractivity contribution >= 4 is 5.91 Å². The Morgan fingerprint density at radius 3 is 2.56 bits per heavy atom. The molecule has 1 unspecified atom stereocenters. The third-order valence-corrected chi connectivity index (χ3v) is 3.58. The topological polar surface area (TPSA) is 75.4 Å². The molecule has 0 radical (unpaired) electrons. The molecule has 1 aromatic carbocycles. The molecule has 4 heteroatoms. The summed E-state index contributed by atoms with van der Waals surface area (Å²) in [5.41, 5.74) is 6.63. The van der Waals surface area contributed by atoms with Crippen molar-refractivity contribution in [2.24, 2.45) is 5.73 Å². The standard InChI is InChI=1S/C14H20N2O2/c15-14(7-4-8-14)9-13(18)16-12(10-17)11-5-2-1-3-6-11/h1-3,5-6,12,17H,4,7-10,15H2,(H,16,18). The van der Waals surface area contributed by atoms with Crippen LogP contribution in [-0.2, 0) is 4.79 Å². The third kappa shape index (κ3) is 3.09. The number of aliphatic hydroxyl groups excluding tert-OH is 1. The van der Waals surface area contributed by atoms with Gasteiger partial charge in [-0.25, -0.2) is 0 Å². The molecular weight excluding hydrogens is 228 g/mol. The van der Waals surface area contributed by atoms with Crippen LogP contribution in [0.3, 0.4) is 0 Å². The zero-order chi connectivity index (χ0) is 13.0. The number of hydrogen-bond acceptors (Lipinski definition) is 3. The number of nitrogens with two attached hydrogens (primary N) is 1. The Labute approximate surface area is 107 Å². The van der Waals surface area contributed by atoms with Crippen LogP contribution in [0.1, 0.15) is 37.3 Å². The first-order valence-electron chi connectivity index (χ1n) is 6.37. The minimum Gasteiger partial charge on any atom is -0.394 e. The fourth-order valence-electron chi connectivity index (χ4n) is 2.29. The summed E-state index contributed by atoms with van der Waals surface area (Å²) in [4.78, 5) is 11.9. The van der Waals surface area contributed by atoms with Crippen LogP contribution in [0, 0.1) is 0 Å². The smallest absolute Gasteiger partial charge is 0.222 e. The van der Waals surface area contributed by atoms with E-state index in [9.17, 15) is 9.90 Å². The second kappa shape index (κ2) is 5.50. The molecule has 98 valence electrons. The first kappa shape index (κ1) is 13.1. The molecule has 4 N–H and O–H groups in total. The first-order valence-corrected chi connectivity index (χ1v) is 6.37. The minimum atomic E-state index is -0.345. The average molecular weight is 248 g/mol. The van der Waals surface area contributed by atoms with E-state index in [2.05, 4.69) is 5.32 Å².